The van der Waals surface area contributed by atoms with Crippen molar-refractivity contribution in [3.63, 3.8) is 0 Å². The highest BCUT2D eigenvalue weighted by Crippen LogP contribution is 2.49. The first kappa shape index (κ1) is 47.0. The van der Waals surface area contributed by atoms with E-state index < -0.39 is 21.7 Å². The molecule has 4 aliphatic rings. The Kier molecular flexibility index (Phi) is 14.0. The predicted octanol–water partition coefficient (Wildman–Crippen LogP) is 10.2. The summed E-state index contributed by atoms with van der Waals surface area (Å²) in [5.41, 5.74) is 5.73. The molecule has 0 radical (unpaired) electrons. The first-order valence-corrected chi connectivity index (χ1v) is 25.2. The van der Waals surface area contributed by atoms with Crippen LogP contribution in [0.15, 0.2) is 96.6 Å². The summed E-state index contributed by atoms with van der Waals surface area (Å²) < 4.78 is 53.6. The lowest BCUT2D eigenvalue weighted by Gasteiger charge is -2.47. The monoisotopic (exact) mass is 924 g/mol. The Bertz CT molecular complexity index is 2420. The molecular weight excluding hydrogens is 860 g/mol. The summed E-state index contributed by atoms with van der Waals surface area (Å²) in [6.45, 7) is 10.1. The van der Waals surface area contributed by atoms with Crippen molar-refractivity contribution in [3.05, 3.63) is 129 Å². The van der Waals surface area contributed by atoms with Gasteiger partial charge in [-0.05, 0) is 165 Å². The van der Waals surface area contributed by atoms with Gasteiger partial charge in [-0.2, -0.15) is 4.31 Å². The lowest BCUT2D eigenvalue weighted by molar-refractivity contribution is 0.00694. The highest BCUT2D eigenvalue weighted by molar-refractivity contribution is 7.89. The highest BCUT2D eigenvalue weighted by Gasteiger charge is 2.46. The fourth-order valence-electron chi connectivity index (χ4n) is 10.5. The number of esters is 1. The average Bonchev–Trinajstić information content (AvgIpc) is 3.40. The molecule has 1 spiro atoms. The molecule has 65 heavy (non-hydrogen) atoms. The van der Waals surface area contributed by atoms with Crippen molar-refractivity contribution in [1.82, 2.24) is 4.31 Å². The summed E-state index contributed by atoms with van der Waals surface area (Å²) in [7, 11) is -0.477. The summed E-state index contributed by atoms with van der Waals surface area (Å²) in [5.74, 6) is 2.04. The molecule has 1 heterocycles. The number of aryl methyl sites for hydroxylation is 1. The summed E-state index contributed by atoms with van der Waals surface area (Å²) >= 11 is 6.51. The van der Waals surface area contributed by atoms with E-state index >= 15 is 0 Å². The van der Waals surface area contributed by atoms with Crippen LogP contribution in [-0.4, -0.2) is 75.2 Å². The van der Waals surface area contributed by atoms with Gasteiger partial charge in [0.25, 0.3) is 0 Å². The fourth-order valence-corrected chi connectivity index (χ4v) is 12.6. The Morgan fingerprint density at radius 3 is 2.20 bits per heavy atom. The zero-order valence-corrected chi connectivity index (χ0v) is 40.3. The number of carbonyl (C=O) groups is 1. The first-order chi connectivity index (χ1) is 31.1. The maximum absolute atomic E-state index is 14.4. The number of fused-ring (bicyclic) bond motifs is 3. The Labute approximate surface area is 390 Å². The van der Waals surface area contributed by atoms with Crippen molar-refractivity contribution in [1.29, 1.82) is 0 Å². The van der Waals surface area contributed by atoms with Crippen LogP contribution >= 0.6 is 11.6 Å². The van der Waals surface area contributed by atoms with Crippen LogP contribution in [0.2, 0.25) is 5.02 Å². The van der Waals surface area contributed by atoms with Gasteiger partial charge in [-0.15, -0.1) is 0 Å². The number of hydrogen-bond acceptors (Lipinski definition) is 9. The molecule has 0 bridgehead atoms. The molecule has 1 N–H and O–H groups in total. The molecule has 0 aromatic heterocycles. The molecule has 3 aliphatic carbocycles. The van der Waals surface area contributed by atoms with Crippen LogP contribution in [0.5, 0.6) is 17.2 Å². The van der Waals surface area contributed by atoms with Crippen molar-refractivity contribution in [3.8, 4) is 17.2 Å². The number of nitrogens with zero attached hydrogens (tertiary/aromatic N) is 2. The third-order valence-electron chi connectivity index (χ3n) is 14.3. The van der Waals surface area contributed by atoms with Crippen LogP contribution in [0.25, 0.3) is 0 Å². The summed E-state index contributed by atoms with van der Waals surface area (Å²) in [5, 5.41) is 12.8. The number of benzene rings is 4. The van der Waals surface area contributed by atoms with Gasteiger partial charge in [0.1, 0.15) is 22.8 Å². The number of hydrogen-bond donors (Lipinski definition) is 1. The molecule has 12 heteroatoms. The molecule has 1 aliphatic heterocycles. The Balaban J connectivity index is 0.990. The summed E-state index contributed by atoms with van der Waals surface area (Å²) in [6.07, 6.45) is 7.77. The molecule has 4 aromatic carbocycles. The lowest BCUT2D eigenvalue weighted by Crippen LogP contribution is -2.50. The Morgan fingerprint density at radius 2 is 1.62 bits per heavy atom. The number of aliphatic hydroxyl groups is 1. The van der Waals surface area contributed by atoms with Crippen molar-refractivity contribution in [2.75, 3.05) is 44.6 Å². The number of rotatable bonds is 16. The second-order valence-electron chi connectivity index (χ2n) is 19.8. The van der Waals surface area contributed by atoms with E-state index in [9.17, 15) is 18.3 Å². The molecule has 8 rings (SSSR count). The molecule has 1 unspecified atom stereocenters. The van der Waals surface area contributed by atoms with E-state index in [1.165, 1.54) is 11.1 Å². The maximum atomic E-state index is 14.4. The van der Waals surface area contributed by atoms with Gasteiger partial charge in [0.05, 0.1) is 43.9 Å². The van der Waals surface area contributed by atoms with E-state index in [0.29, 0.717) is 49.6 Å². The molecular formula is C53H65ClN2O8S. The van der Waals surface area contributed by atoms with Gasteiger partial charge in [0.15, 0.2) is 0 Å². The second-order valence-corrected chi connectivity index (χ2v) is 22.2. The van der Waals surface area contributed by atoms with Gasteiger partial charge < -0.3 is 29.0 Å². The van der Waals surface area contributed by atoms with Crippen LogP contribution in [-0.2, 0) is 39.7 Å². The number of aliphatic hydroxyl groups excluding tert-OH is 1. The average molecular weight is 926 g/mol. The van der Waals surface area contributed by atoms with Gasteiger partial charge in [0.2, 0.25) is 10.0 Å². The van der Waals surface area contributed by atoms with E-state index in [1.54, 1.807) is 24.6 Å². The van der Waals surface area contributed by atoms with Crippen molar-refractivity contribution in [2.24, 2.45) is 23.7 Å². The minimum absolute atomic E-state index is 0.0191. The number of halogens is 1. The predicted molar refractivity (Wildman–Crippen MR) is 257 cm³/mol. The molecule has 10 nitrogen and oxygen atoms in total. The lowest BCUT2D eigenvalue weighted by atomic mass is 9.64. The number of allylic oxidation sites excluding steroid dienone is 1. The fraction of sp³-hybridized carbons (Fsp3) is 0.491. The SMILES string of the molecule is CC[C@H](CS(=O)(=O)N(Cc1ccc(OC)cc1)Cc1ccc(OC)cc1)C1C=C([C@@H](O)[C@@H]2CC[C@H]2CN2C[C@@]3(CCCc4cc(Cl)ccc43)COc3ccc(C(=O)OC(C)(C)C)cc32)C1. The molecule has 0 saturated heterocycles. The van der Waals surface area contributed by atoms with E-state index in [1.807, 2.05) is 87.5 Å². The molecule has 1 fully saturated rings. The summed E-state index contributed by atoms with van der Waals surface area (Å²) in [4.78, 5) is 15.8. The molecule has 348 valence electrons. The first-order valence-electron chi connectivity index (χ1n) is 23.2. The van der Waals surface area contributed by atoms with Crippen LogP contribution < -0.4 is 19.1 Å². The standard InChI is InChI=1S/C53H65ClN2O8S/c1-7-37(32-65(59,60)56(29-35-10-17-44(61-5)18-11-35)30-36-12-19-45(62-6)20-13-36)41-25-42(26-41)50(57)46-21-14-40(46)31-55-33-53(24-8-9-38-27-43(54)16-22-47(38)53)34-63-49-23-15-39(28-48(49)55)51(58)64-52(2,3)4/h10-13,15-20,22-23,25,27-28,37,40-41,46,50,57H,7-9,14,21,24,26,29-34H2,1-6H3/t37-,40+,41?,46-,50-,53+/m1/s1. The second kappa shape index (κ2) is 19.4. The Morgan fingerprint density at radius 1 is 0.954 bits per heavy atom. The quantitative estimate of drug-likeness (QED) is 0.0867. The van der Waals surface area contributed by atoms with Gasteiger partial charge in [-0.3, -0.25) is 0 Å². The normalized spacial score (nSPS) is 22.6. The van der Waals surface area contributed by atoms with Crippen LogP contribution in [0, 0.1) is 23.7 Å². The molecule has 4 aromatic rings. The number of carbonyl (C=O) groups excluding carboxylic acids is 1. The minimum Gasteiger partial charge on any atom is -0.497 e. The van der Waals surface area contributed by atoms with Gasteiger partial charge in [-0.1, -0.05) is 61.4 Å². The third-order valence-corrected chi connectivity index (χ3v) is 16.4. The van der Waals surface area contributed by atoms with E-state index in [4.69, 9.17) is 30.5 Å². The van der Waals surface area contributed by atoms with Crippen LogP contribution in [0.3, 0.4) is 0 Å². The van der Waals surface area contributed by atoms with Crippen LogP contribution in [0.4, 0.5) is 5.69 Å². The Hall–Kier alpha value is -4.55. The number of sulfonamides is 1. The van der Waals surface area contributed by atoms with Crippen molar-refractivity contribution < 1.29 is 37.3 Å². The smallest absolute Gasteiger partial charge is 0.338 e. The minimum atomic E-state index is -3.71. The third kappa shape index (κ3) is 10.5. The number of ether oxygens (including phenoxy) is 4. The van der Waals surface area contributed by atoms with Crippen molar-refractivity contribution >= 4 is 33.3 Å². The van der Waals surface area contributed by atoms with E-state index in [2.05, 4.69) is 30.0 Å². The number of methoxy groups -OCH3 is 2. The van der Waals surface area contributed by atoms with Gasteiger partial charge >= 0.3 is 5.97 Å². The summed E-state index contributed by atoms with van der Waals surface area (Å²) in [6, 6.07) is 26.9. The number of anilines is 1. The largest absolute Gasteiger partial charge is 0.497 e. The van der Waals surface area contributed by atoms with Crippen LogP contribution in [0.1, 0.15) is 98.8 Å². The van der Waals surface area contributed by atoms with Gasteiger partial charge in [0, 0.05) is 36.6 Å². The highest BCUT2D eigenvalue weighted by atomic mass is 35.5. The van der Waals surface area contributed by atoms with E-state index in [-0.39, 0.29) is 53.9 Å². The van der Waals surface area contributed by atoms with E-state index in [0.717, 1.165) is 65.3 Å². The van der Waals surface area contributed by atoms with Crippen molar-refractivity contribution in [2.45, 2.75) is 103 Å². The molecule has 6 atom stereocenters. The topological polar surface area (TPSA) is 115 Å². The van der Waals surface area contributed by atoms with Gasteiger partial charge in [-0.25, -0.2) is 13.2 Å². The molecule has 0 amide bonds. The maximum Gasteiger partial charge on any atom is 0.338 e. The molecule has 1 saturated carbocycles. The zero-order chi connectivity index (χ0) is 46.1. The zero-order valence-electron chi connectivity index (χ0n) is 38.7.